The van der Waals surface area contributed by atoms with E-state index in [0.29, 0.717) is 18.5 Å². The Morgan fingerprint density at radius 3 is 2.59 bits per heavy atom. The van der Waals surface area contributed by atoms with E-state index in [1.165, 1.54) is 12.1 Å². The summed E-state index contributed by atoms with van der Waals surface area (Å²) in [7, 11) is 0. The molecule has 0 radical (unpaired) electrons. The molecule has 0 aliphatic rings. The van der Waals surface area contributed by atoms with Crippen LogP contribution < -0.4 is 11.1 Å². The Morgan fingerprint density at radius 2 is 2.12 bits per heavy atom. The lowest BCUT2D eigenvalue weighted by molar-refractivity contribution is -0.121. The molecule has 0 saturated carbocycles. The molecule has 0 fully saturated rings. The predicted octanol–water partition coefficient (Wildman–Crippen LogP) is 2.45. The van der Waals surface area contributed by atoms with E-state index in [9.17, 15) is 9.18 Å². The number of rotatable bonds is 6. The number of anilines is 1. The maximum Gasteiger partial charge on any atom is 0.242 e. The summed E-state index contributed by atoms with van der Waals surface area (Å²) in [6.45, 7) is 5.34. The number of carbonyl (C=O) groups excluding carboxylic acids is 1. The van der Waals surface area contributed by atoms with Crippen molar-refractivity contribution in [2.24, 2.45) is 5.73 Å². The third kappa shape index (κ3) is 3.59. The van der Waals surface area contributed by atoms with Gasteiger partial charge in [-0.1, -0.05) is 6.08 Å². The molecule has 1 unspecified atom stereocenters. The first-order valence-electron chi connectivity index (χ1n) is 5.42. The van der Waals surface area contributed by atoms with Crippen LogP contribution in [0.5, 0.6) is 0 Å². The SMILES string of the molecule is C=CCCC(C)(Nc1ccc(F)cc1)C(N)=O. The molecule has 0 heterocycles. The Hall–Kier alpha value is -1.84. The fourth-order valence-corrected chi connectivity index (χ4v) is 1.49. The van der Waals surface area contributed by atoms with Crippen molar-refractivity contribution >= 4 is 11.6 Å². The number of primary amides is 1. The summed E-state index contributed by atoms with van der Waals surface area (Å²) in [5, 5.41) is 3.03. The van der Waals surface area contributed by atoms with Gasteiger partial charge in [0, 0.05) is 5.69 Å². The standard InChI is InChI=1S/C13H17FN2O/c1-3-4-9-13(2,12(15)17)16-11-7-5-10(14)6-8-11/h3,5-8,16H,1,4,9H2,2H3,(H2,15,17). The largest absolute Gasteiger partial charge is 0.371 e. The van der Waals surface area contributed by atoms with E-state index in [-0.39, 0.29) is 5.82 Å². The van der Waals surface area contributed by atoms with E-state index in [4.69, 9.17) is 5.73 Å². The molecule has 1 aromatic carbocycles. The van der Waals surface area contributed by atoms with Gasteiger partial charge in [0.1, 0.15) is 11.4 Å². The lowest BCUT2D eigenvalue weighted by atomic mass is 9.94. The number of nitrogens with two attached hydrogens (primary N) is 1. The molecule has 0 aromatic heterocycles. The van der Waals surface area contributed by atoms with Gasteiger partial charge in [-0.25, -0.2) is 4.39 Å². The number of hydrogen-bond donors (Lipinski definition) is 2. The van der Waals surface area contributed by atoms with Crippen molar-refractivity contribution in [1.82, 2.24) is 0 Å². The number of hydrogen-bond acceptors (Lipinski definition) is 2. The second-order valence-corrected chi connectivity index (χ2v) is 4.16. The van der Waals surface area contributed by atoms with Crippen molar-refractivity contribution in [3.8, 4) is 0 Å². The lowest BCUT2D eigenvalue weighted by Crippen LogP contribution is -2.47. The summed E-state index contributed by atoms with van der Waals surface area (Å²) in [4.78, 5) is 11.4. The minimum absolute atomic E-state index is 0.317. The van der Waals surface area contributed by atoms with Crippen LogP contribution in [-0.4, -0.2) is 11.4 Å². The van der Waals surface area contributed by atoms with Gasteiger partial charge in [-0.15, -0.1) is 6.58 Å². The van der Waals surface area contributed by atoms with Gasteiger partial charge in [0.25, 0.3) is 0 Å². The Labute approximate surface area is 101 Å². The first-order chi connectivity index (χ1) is 7.98. The number of amides is 1. The van der Waals surface area contributed by atoms with Gasteiger partial charge in [-0.3, -0.25) is 4.79 Å². The molecule has 0 saturated heterocycles. The molecule has 3 nitrogen and oxygen atoms in total. The van der Waals surface area contributed by atoms with Crippen LogP contribution in [0.1, 0.15) is 19.8 Å². The second kappa shape index (κ2) is 5.48. The van der Waals surface area contributed by atoms with Crippen molar-refractivity contribution in [1.29, 1.82) is 0 Å². The van der Waals surface area contributed by atoms with Crippen LogP contribution in [0.3, 0.4) is 0 Å². The summed E-state index contributed by atoms with van der Waals surface area (Å²) in [6, 6.07) is 5.81. The fraction of sp³-hybridized carbons (Fsp3) is 0.308. The highest BCUT2D eigenvalue weighted by Gasteiger charge is 2.29. The normalized spacial score (nSPS) is 13.8. The molecule has 1 amide bonds. The van der Waals surface area contributed by atoms with Crippen molar-refractivity contribution in [3.63, 3.8) is 0 Å². The topological polar surface area (TPSA) is 55.1 Å². The Balaban J connectivity index is 2.82. The van der Waals surface area contributed by atoms with Crippen molar-refractivity contribution in [2.75, 3.05) is 5.32 Å². The zero-order valence-corrected chi connectivity index (χ0v) is 9.87. The predicted molar refractivity (Wildman–Crippen MR) is 67.1 cm³/mol. The van der Waals surface area contributed by atoms with Crippen LogP contribution in [0, 0.1) is 5.82 Å². The summed E-state index contributed by atoms with van der Waals surface area (Å²) >= 11 is 0. The van der Waals surface area contributed by atoms with Crippen molar-refractivity contribution in [3.05, 3.63) is 42.7 Å². The minimum atomic E-state index is -0.855. The van der Waals surface area contributed by atoms with E-state index in [1.54, 1.807) is 25.1 Å². The van der Waals surface area contributed by atoms with Crippen molar-refractivity contribution in [2.45, 2.75) is 25.3 Å². The van der Waals surface area contributed by atoms with Gasteiger partial charge >= 0.3 is 0 Å². The molecule has 1 rings (SSSR count). The van der Waals surface area contributed by atoms with E-state index in [1.807, 2.05) is 0 Å². The highest BCUT2D eigenvalue weighted by Crippen LogP contribution is 2.20. The third-order valence-corrected chi connectivity index (χ3v) is 2.66. The van der Waals surface area contributed by atoms with Gasteiger partial charge in [0.05, 0.1) is 0 Å². The van der Waals surface area contributed by atoms with E-state index in [2.05, 4.69) is 11.9 Å². The van der Waals surface area contributed by atoms with Crippen LogP contribution >= 0.6 is 0 Å². The number of nitrogens with one attached hydrogen (secondary N) is 1. The van der Waals surface area contributed by atoms with E-state index >= 15 is 0 Å². The minimum Gasteiger partial charge on any atom is -0.371 e. The number of halogens is 1. The second-order valence-electron chi connectivity index (χ2n) is 4.16. The molecule has 3 N–H and O–H groups in total. The van der Waals surface area contributed by atoms with Crippen LogP contribution in [0.4, 0.5) is 10.1 Å². The molecule has 92 valence electrons. The number of allylic oxidation sites excluding steroid dienone is 1. The molecule has 0 aliphatic heterocycles. The molecule has 1 aromatic rings. The Kier molecular flexibility index (Phi) is 4.26. The maximum atomic E-state index is 12.7. The van der Waals surface area contributed by atoms with Crippen LogP contribution in [0.2, 0.25) is 0 Å². The van der Waals surface area contributed by atoms with Crippen LogP contribution in [-0.2, 0) is 4.79 Å². The van der Waals surface area contributed by atoms with E-state index < -0.39 is 11.4 Å². The first-order valence-corrected chi connectivity index (χ1v) is 5.42. The number of carbonyl (C=O) groups is 1. The Morgan fingerprint density at radius 1 is 1.53 bits per heavy atom. The smallest absolute Gasteiger partial charge is 0.242 e. The van der Waals surface area contributed by atoms with Gasteiger partial charge < -0.3 is 11.1 Å². The molecular weight excluding hydrogens is 219 g/mol. The molecule has 17 heavy (non-hydrogen) atoms. The fourth-order valence-electron chi connectivity index (χ4n) is 1.49. The molecule has 0 bridgehead atoms. The quantitative estimate of drug-likeness (QED) is 0.745. The third-order valence-electron chi connectivity index (χ3n) is 2.66. The first kappa shape index (κ1) is 13.2. The van der Waals surface area contributed by atoms with Gasteiger partial charge in [-0.05, 0) is 44.0 Å². The average Bonchev–Trinajstić information content (AvgIpc) is 2.29. The number of benzene rings is 1. The summed E-state index contributed by atoms with van der Waals surface area (Å²) in [6.07, 6.45) is 2.95. The molecule has 0 aliphatic carbocycles. The Bertz CT molecular complexity index is 402. The molecule has 4 heteroatoms. The van der Waals surface area contributed by atoms with Gasteiger partial charge in [-0.2, -0.15) is 0 Å². The average molecular weight is 236 g/mol. The summed E-state index contributed by atoms with van der Waals surface area (Å²) in [5.74, 6) is -0.758. The van der Waals surface area contributed by atoms with Gasteiger partial charge in [0.15, 0.2) is 0 Å². The van der Waals surface area contributed by atoms with E-state index in [0.717, 1.165) is 0 Å². The summed E-state index contributed by atoms with van der Waals surface area (Å²) in [5.41, 5.74) is 5.19. The lowest BCUT2D eigenvalue weighted by Gasteiger charge is -2.28. The molecule has 1 atom stereocenters. The highest BCUT2D eigenvalue weighted by molar-refractivity contribution is 5.87. The highest BCUT2D eigenvalue weighted by atomic mass is 19.1. The zero-order valence-electron chi connectivity index (χ0n) is 9.87. The van der Waals surface area contributed by atoms with Crippen molar-refractivity contribution < 1.29 is 9.18 Å². The monoisotopic (exact) mass is 236 g/mol. The van der Waals surface area contributed by atoms with Crippen LogP contribution in [0.25, 0.3) is 0 Å². The maximum absolute atomic E-state index is 12.7. The molecule has 0 spiro atoms. The summed E-state index contributed by atoms with van der Waals surface area (Å²) < 4.78 is 12.7. The van der Waals surface area contributed by atoms with Gasteiger partial charge in [0.2, 0.25) is 5.91 Å². The van der Waals surface area contributed by atoms with Crippen LogP contribution in [0.15, 0.2) is 36.9 Å². The zero-order chi connectivity index (χ0) is 12.9. The molecular formula is C13H17FN2O.